The first-order chi connectivity index (χ1) is 16.2. The molecule has 2 aromatic heterocycles. The monoisotopic (exact) mass is 434 g/mol. The maximum absolute atomic E-state index is 6.07. The van der Waals surface area contributed by atoms with Gasteiger partial charge in [-0.3, -0.25) is 4.98 Å². The van der Waals surface area contributed by atoms with Crippen molar-refractivity contribution in [2.75, 3.05) is 11.9 Å². The van der Waals surface area contributed by atoms with Crippen molar-refractivity contribution in [3.05, 3.63) is 114 Å². The fourth-order valence-corrected chi connectivity index (χ4v) is 3.98. The average Bonchev–Trinajstić information content (AvgIpc) is 3.27. The summed E-state index contributed by atoms with van der Waals surface area (Å²) in [5, 5.41) is 4.63. The average molecular weight is 435 g/mol. The summed E-state index contributed by atoms with van der Waals surface area (Å²) in [7, 11) is 0. The van der Waals surface area contributed by atoms with Crippen LogP contribution in [0.4, 0.5) is 11.4 Å². The Hall–Kier alpha value is -4.12. The van der Waals surface area contributed by atoms with Gasteiger partial charge in [-0.25, -0.2) is 4.98 Å². The molecular formula is C28H26N4O. The second-order valence-corrected chi connectivity index (χ2v) is 8.03. The molecule has 0 aliphatic carbocycles. The summed E-state index contributed by atoms with van der Waals surface area (Å²) in [5.74, 6) is 1.87. The number of para-hydroxylation sites is 1. The minimum Gasteiger partial charge on any atom is -0.492 e. The van der Waals surface area contributed by atoms with Crippen LogP contribution in [0.15, 0.2) is 97.3 Å². The highest BCUT2D eigenvalue weighted by Gasteiger charge is 2.07. The Labute approximate surface area is 193 Å². The summed E-state index contributed by atoms with van der Waals surface area (Å²) >= 11 is 0. The van der Waals surface area contributed by atoms with Gasteiger partial charge >= 0.3 is 0 Å². The second kappa shape index (κ2) is 9.57. The summed E-state index contributed by atoms with van der Waals surface area (Å²) in [6.45, 7) is 3.33. The predicted octanol–water partition coefficient (Wildman–Crippen LogP) is 6.15. The summed E-state index contributed by atoms with van der Waals surface area (Å²) in [6.07, 6.45) is 4.67. The van der Waals surface area contributed by atoms with Gasteiger partial charge in [0.05, 0.1) is 12.1 Å². The van der Waals surface area contributed by atoms with Crippen LogP contribution >= 0.6 is 0 Å². The van der Waals surface area contributed by atoms with Crippen LogP contribution in [0.1, 0.15) is 17.1 Å². The smallest absolute Gasteiger partial charge is 0.121 e. The summed E-state index contributed by atoms with van der Waals surface area (Å²) in [5.41, 5.74) is 5.24. The van der Waals surface area contributed by atoms with Gasteiger partial charge in [-0.1, -0.05) is 54.6 Å². The van der Waals surface area contributed by atoms with E-state index in [0.29, 0.717) is 6.61 Å². The van der Waals surface area contributed by atoms with E-state index >= 15 is 0 Å². The molecule has 33 heavy (non-hydrogen) atoms. The molecular weight excluding hydrogens is 408 g/mol. The van der Waals surface area contributed by atoms with Crippen molar-refractivity contribution in [1.29, 1.82) is 0 Å². The Morgan fingerprint density at radius 2 is 1.76 bits per heavy atom. The third-order valence-electron chi connectivity index (χ3n) is 5.56. The van der Waals surface area contributed by atoms with Crippen LogP contribution < -0.4 is 10.1 Å². The molecule has 0 aliphatic heterocycles. The number of benzene rings is 3. The number of ether oxygens (including phenoxy) is 1. The number of fused-ring (bicyclic) bond motifs is 1. The first-order valence-electron chi connectivity index (χ1n) is 11.1. The van der Waals surface area contributed by atoms with Crippen LogP contribution in [0.2, 0.25) is 0 Å². The number of hydrogen-bond donors (Lipinski definition) is 1. The van der Waals surface area contributed by atoms with Crippen molar-refractivity contribution in [1.82, 2.24) is 14.5 Å². The number of nitrogens with one attached hydrogen (secondary N) is 1. The zero-order valence-electron chi connectivity index (χ0n) is 18.6. The van der Waals surface area contributed by atoms with E-state index in [1.54, 1.807) is 0 Å². The van der Waals surface area contributed by atoms with Gasteiger partial charge in [0.1, 0.15) is 18.2 Å². The second-order valence-electron chi connectivity index (χ2n) is 8.03. The zero-order valence-corrected chi connectivity index (χ0v) is 18.6. The fraction of sp³-hybridized carbons (Fsp3) is 0.143. The molecule has 0 bridgehead atoms. The van der Waals surface area contributed by atoms with Crippen LogP contribution in [0.3, 0.4) is 0 Å². The SMILES string of the molecule is Cc1cc(Nc2cccc(OCCn3ccnc3Cc3ccccc3)c2)c2ccccc2n1. The Bertz CT molecular complexity index is 1360. The molecule has 0 unspecified atom stereocenters. The summed E-state index contributed by atoms with van der Waals surface area (Å²) < 4.78 is 8.23. The molecule has 1 N–H and O–H groups in total. The van der Waals surface area contributed by atoms with Gasteiger partial charge in [0.15, 0.2) is 0 Å². The number of aromatic nitrogens is 3. The standard InChI is InChI=1S/C28H26N4O/c1-21-18-27(25-12-5-6-13-26(25)30-21)31-23-10-7-11-24(20-23)33-17-16-32-15-14-29-28(32)19-22-8-3-2-4-9-22/h2-15,18,20H,16-17,19H2,1H3,(H,30,31). The van der Waals surface area contributed by atoms with E-state index in [1.807, 2.05) is 67.8 Å². The van der Waals surface area contributed by atoms with Gasteiger partial charge in [0.2, 0.25) is 0 Å². The Balaban J connectivity index is 1.24. The highest BCUT2D eigenvalue weighted by atomic mass is 16.5. The molecule has 5 rings (SSSR count). The molecule has 5 aromatic rings. The van der Waals surface area contributed by atoms with Crippen molar-refractivity contribution in [2.45, 2.75) is 19.9 Å². The molecule has 164 valence electrons. The largest absolute Gasteiger partial charge is 0.492 e. The molecule has 0 atom stereocenters. The van der Waals surface area contributed by atoms with Gasteiger partial charge in [-0.2, -0.15) is 0 Å². The molecule has 5 nitrogen and oxygen atoms in total. The highest BCUT2D eigenvalue weighted by molar-refractivity contribution is 5.93. The molecule has 0 saturated heterocycles. The lowest BCUT2D eigenvalue weighted by Crippen LogP contribution is -2.11. The normalized spacial score (nSPS) is 10.9. The van der Waals surface area contributed by atoms with E-state index in [-0.39, 0.29) is 0 Å². The topological polar surface area (TPSA) is 52.0 Å². The molecule has 0 fully saturated rings. The van der Waals surface area contributed by atoms with E-state index in [2.05, 4.69) is 56.3 Å². The number of hydrogen-bond acceptors (Lipinski definition) is 4. The van der Waals surface area contributed by atoms with Gasteiger partial charge in [0.25, 0.3) is 0 Å². The lowest BCUT2D eigenvalue weighted by atomic mass is 10.1. The Kier molecular flexibility index (Phi) is 6.02. The minimum absolute atomic E-state index is 0.568. The molecule has 0 aliphatic rings. The number of aryl methyl sites for hydroxylation is 1. The molecule has 0 amide bonds. The van der Waals surface area contributed by atoms with Crippen molar-refractivity contribution < 1.29 is 4.74 Å². The minimum atomic E-state index is 0.568. The molecule has 0 saturated carbocycles. The lowest BCUT2D eigenvalue weighted by molar-refractivity contribution is 0.296. The Morgan fingerprint density at radius 3 is 2.67 bits per heavy atom. The molecule has 0 radical (unpaired) electrons. The maximum atomic E-state index is 6.07. The number of nitrogens with zero attached hydrogens (tertiary/aromatic N) is 3. The van der Waals surface area contributed by atoms with E-state index in [1.165, 1.54) is 5.56 Å². The fourth-order valence-electron chi connectivity index (χ4n) is 3.98. The molecule has 0 spiro atoms. The molecule has 5 heteroatoms. The van der Waals surface area contributed by atoms with Crippen LogP contribution in [-0.2, 0) is 13.0 Å². The van der Waals surface area contributed by atoms with Gasteiger partial charge < -0.3 is 14.6 Å². The van der Waals surface area contributed by atoms with Crippen LogP contribution in [0, 0.1) is 6.92 Å². The van der Waals surface area contributed by atoms with Crippen molar-refractivity contribution in [3.63, 3.8) is 0 Å². The third kappa shape index (κ3) is 5.04. The van der Waals surface area contributed by atoms with Crippen molar-refractivity contribution in [2.24, 2.45) is 0 Å². The number of rotatable bonds is 8. The van der Waals surface area contributed by atoms with E-state index < -0.39 is 0 Å². The number of pyridine rings is 1. The van der Waals surface area contributed by atoms with Crippen molar-refractivity contribution >= 4 is 22.3 Å². The third-order valence-corrected chi connectivity index (χ3v) is 5.56. The summed E-state index contributed by atoms with van der Waals surface area (Å²) in [4.78, 5) is 9.14. The van der Waals surface area contributed by atoms with Gasteiger partial charge in [-0.15, -0.1) is 0 Å². The van der Waals surface area contributed by atoms with Crippen LogP contribution in [0.25, 0.3) is 10.9 Å². The molecule has 2 heterocycles. The lowest BCUT2D eigenvalue weighted by Gasteiger charge is -2.13. The van der Waals surface area contributed by atoms with Crippen LogP contribution in [0.5, 0.6) is 5.75 Å². The first kappa shape index (κ1) is 20.8. The highest BCUT2D eigenvalue weighted by Crippen LogP contribution is 2.28. The summed E-state index contributed by atoms with van der Waals surface area (Å²) in [6, 6.07) is 28.7. The van der Waals surface area contributed by atoms with E-state index in [0.717, 1.165) is 52.5 Å². The quantitative estimate of drug-likeness (QED) is 0.318. The maximum Gasteiger partial charge on any atom is 0.121 e. The first-order valence-corrected chi connectivity index (χ1v) is 11.1. The van der Waals surface area contributed by atoms with Crippen molar-refractivity contribution in [3.8, 4) is 5.75 Å². The van der Waals surface area contributed by atoms with Gasteiger partial charge in [0, 0.05) is 47.3 Å². The Morgan fingerprint density at radius 1 is 0.909 bits per heavy atom. The number of imidazole rings is 1. The van der Waals surface area contributed by atoms with E-state index in [4.69, 9.17) is 4.74 Å². The predicted molar refractivity (Wildman–Crippen MR) is 133 cm³/mol. The number of anilines is 2. The van der Waals surface area contributed by atoms with Gasteiger partial charge in [-0.05, 0) is 36.8 Å². The molecule has 3 aromatic carbocycles. The van der Waals surface area contributed by atoms with Crippen LogP contribution in [-0.4, -0.2) is 21.1 Å². The zero-order chi connectivity index (χ0) is 22.5. The van der Waals surface area contributed by atoms with E-state index in [9.17, 15) is 0 Å².